The van der Waals surface area contributed by atoms with Crippen molar-refractivity contribution < 1.29 is 23.8 Å². The largest absolute Gasteiger partial charge is 0.480 e. The van der Waals surface area contributed by atoms with Gasteiger partial charge in [-0.1, -0.05) is 23.9 Å². The Balaban J connectivity index is 2.23. The number of thioether (sulfide) groups is 1. The molecule has 1 N–H and O–H groups in total. The Morgan fingerprint density at radius 2 is 1.96 bits per heavy atom. The van der Waals surface area contributed by atoms with Crippen LogP contribution in [-0.2, 0) is 33.0 Å². The van der Waals surface area contributed by atoms with Crippen molar-refractivity contribution in [2.45, 2.75) is 43.8 Å². The first-order valence-corrected chi connectivity index (χ1v) is 9.12. The minimum Gasteiger partial charge on any atom is -0.480 e. The lowest BCUT2D eigenvalue weighted by atomic mass is 10.2. The van der Waals surface area contributed by atoms with Crippen LogP contribution in [0, 0.1) is 5.82 Å². The van der Waals surface area contributed by atoms with E-state index in [2.05, 4.69) is 4.98 Å². The average Bonchev–Trinajstić information content (AvgIpc) is 2.56. The van der Waals surface area contributed by atoms with Crippen molar-refractivity contribution in [3.63, 3.8) is 0 Å². The van der Waals surface area contributed by atoms with Crippen molar-refractivity contribution in [2.24, 2.45) is 0 Å². The maximum Gasteiger partial charge on any atom is 0.323 e. The van der Waals surface area contributed by atoms with E-state index in [0.717, 1.165) is 17.3 Å². The second-order valence-corrected chi connectivity index (χ2v) is 6.95. The second-order valence-electron chi connectivity index (χ2n) is 6.01. The van der Waals surface area contributed by atoms with Crippen LogP contribution >= 0.6 is 11.8 Å². The third-order valence-corrected chi connectivity index (χ3v) is 4.38. The monoisotopic (exact) mass is 394 g/mol. The number of esters is 1. The van der Waals surface area contributed by atoms with Crippen LogP contribution in [0.4, 0.5) is 4.39 Å². The van der Waals surface area contributed by atoms with E-state index in [1.807, 2.05) is 0 Å². The average molecular weight is 394 g/mol. The van der Waals surface area contributed by atoms with Crippen LogP contribution in [0.5, 0.6) is 0 Å². The predicted octanol–water partition coefficient (Wildman–Crippen LogP) is 2.25. The number of hydrogen-bond donors (Lipinski definition) is 1. The lowest BCUT2D eigenvalue weighted by Crippen LogP contribution is -2.25. The first kappa shape index (κ1) is 20.6. The third-order valence-electron chi connectivity index (χ3n) is 3.32. The lowest BCUT2D eigenvalue weighted by molar-refractivity contribution is -0.146. The van der Waals surface area contributed by atoms with E-state index in [1.165, 1.54) is 22.9 Å². The number of carbonyl (C=O) groups is 2. The summed E-state index contributed by atoms with van der Waals surface area (Å²) in [6, 6.07) is 5.82. The molecule has 2 aromatic rings. The Bertz CT molecular complexity index is 880. The molecule has 0 fully saturated rings. The Kier molecular flexibility index (Phi) is 7.12. The molecule has 2 rings (SSSR count). The summed E-state index contributed by atoms with van der Waals surface area (Å²) in [5, 5.41) is 9.30. The van der Waals surface area contributed by atoms with Crippen LogP contribution in [0.25, 0.3) is 0 Å². The number of benzene rings is 1. The van der Waals surface area contributed by atoms with E-state index < -0.39 is 24.0 Å². The molecule has 0 radical (unpaired) electrons. The summed E-state index contributed by atoms with van der Waals surface area (Å²) >= 11 is 1.15. The summed E-state index contributed by atoms with van der Waals surface area (Å²) in [5.41, 5.74) is 0.245. The van der Waals surface area contributed by atoms with Gasteiger partial charge in [0.2, 0.25) is 0 Å². The number of carbonyl (C=O) groups excluding carboxylic acids is 1. The van der Waals surface area contributed by atoms with Crippen LogP contribution < -0.4 is 5.56 Å². The molecule has 0 amide bonds. The molecule has 0 saturated heterocycles. The maximum atomic E-state index is 13.0. The first-order chi connectivity index (χ1) is 12.7. The fraction of sp³-hybridized carbons (Fsp3) is 0.333. The van der Waals surface area contributed by atoms with E-state index in [4.69, 9.17) is 9.84 Å². The van der Waals surface area contributed by atoms with Crippen LogP contribution in [0.3, 0.4) is 0 Å². The molecular weight excluding hydrogens is 375 g/mol. The molecule has 1 aromatic heterocycles. The molecule has 144 valence electrons. The number of carboxylic acids is 1. The van der Waals surface area contributed by atoms with E-state index in [-0.39, 0.29) is 29.1 Å². The number of ether oxygens (including phenoxy) is 1. The number of carboxylic acid groups (broad SMARTS) is 1. The first-order valence-electron chi connectivity index (χ1n) is 8.13. The summed E-state index contributed by atoms with van der Waals surface area (Å²) in [5.74, 6) is -1.68. The van der Waals surface area contributed by atoms with E-state index in [9.17, 15) is 18.8 Å². The van der Waals surface area contributed by atoms with Crippen LogP contribution in [-0.4, -0.2) is 32.7 Å². The fourth-order valence-electron chi connectivity index (χ4n) is 2.21. The lowest BCUT2D eigenvalue weighted by Gasteiger charge is -2.12. The standard InChI is InChI=1S/C18H19FN2O5S/c1-11(2)26-16(24)7-13-8-21(9-15(22)23)18(20-17(13)25)27-10-12-3-5-14(19)6-4-12/h3-6,8,11H,7,9-10H2,1-2H3,(H,22,23). The van der Waals surface area contributed by atoms with Crippen molar-refractivity contribution in [1.82, 2.24) is 9.55 Å². The van der Waals surface area contributed by atoms with Crippen molar-refractivity contribution >= 4 is 23.7 Å². The highest BCUT2D eigenvalue weighted by atomic mass is 32.2. The highest BCUT2D eigenvalue weighted by molar-refractivity contribution is 7.98. The summed E-state index contributed by atoms with van der Waals surface area (Å²) in [4.78, 5) is 39.0. The molecule has 0 aliphatic rings. The SMILES string of the molecule is CC(C)OC(=O)Cc1cn(CC(=O)O)c(SCc2ccc(F)cc2)nc1=O. The van der Waals surface area contributed by atoms with E-state index >= 15 is 0 Å². The number of hydrogen-bond acceptors (Lipinski definition) is 6. The van der Waals surface area contributed by atoms with Crippen LogP contribution in [0.15, 0.2) is 40.4 Å². The Labute approximate surface area is 159 Å². The fourth-order valence-corrected chi connectivity index (χ4v) is 3.12. The maximum absolute atomic E-state index is 13.0. The topological polar surface area (TPSA) is 98.5 Å². The minimum atomic E-state index is -1.11. The van der Waals surface area contributed by atoms with Gasteiger partial charge in [-0.15, -0.1) is 0 Å². The number of rotatable bonds is 8. The number of nitrogens with zero attached hydrogens (tertiary/aromatic N) is 2. The minimum absolute atomic E-state index is 0.0630. The smallest absolute Gasteiger partial charge is 0.323 e. The normalized spacial score (nSPS) is 10.8. The molecule has 0 bridgehead atoms. The Hall–Kier alpha value is -2.68. The Morgan fingerprint density at radius 1 is 1.30 bits per heavy atom. The van der Waals surface area contributed by atoms with Gasteiger partial charge in [0.25, 0.3) is 5.56 Å². The summed E-state index contributed by atoms with van der Waals surface area (Å²) in [6.45, 7) is 2.97. The molecule has 1 heterocycles. The zero-order valence-corrected chi connectivity index (χ0v) is 15.7. The zero-order valence-electron chi connectivity index (χ0n) is 14.8. The van der Waals surface area contributed by atoms with Gasteiger partial charge in [0.1, 0.15) is 12.4 Å². The summed E-state index contributed by atoms with van der Waals surface area (Å²) < 4.78 is 19.3. The Morgan fingerprint density at radius 3 is 2.56 bits per heavy atom. The quantitative estimate of drug-likeness (QED) is 0.416. The molecule has 9 heteroatoms. The van der Waals surface area contributed by atoms with Gasteiger partial charge >= 0.3 is 11.9 Å². The second kappa shape index (κ2) is 9.31. The van der Waals surface area contributed by atoms with Gasteiger partial charge in [-0.25, -0.2) is 4.39 Å². The highest BCUT2D eigenvalue weighted by Gasteiger charge is 2.15. The number of aromatic nitrogens is 2. The molecule has 1 aromatic carbocycles. The zero-order chi connectivity index (χ0) is 20.0. The molecule has 0 unspecified atom stereocenters. The van der Waals surface area contributed by atoms with E-state index in [1.54, 1.807) is 26.0 Å². The van der Waals surface area contributed by atoms with Gasteiger partial charge in [-0.3, -0.25) is 14.4 Å². The van der Waals surface area contributed by atoms with Gasteiger partial charge in [0, 0.05) is 17.5 Å². The molecule has 0 aliphatic heterocycles. The van der Waals surface area contributed by atoms with E-state index in [0.29, 0.717) is 5.75 Å². The van der Waals surface area contributed by atoms with Gasteiger partial charge in [-0.2, -0.15) is 4.98 Å². The molecule has 0 saturated carbocycles. The number of halogens is 1. The van der Waals surface area contributed by atoms with Gasteiger partial charge in [-0.05, 0) is 31.5 Å². The molecule has 0 atom stereocenters. The molecule has 0 aliphatic carbocycles. The van der Waals surface area contributed by atoms with Crippen molar-refractivity contribution in [3.8, 4) is 0 Å². The molecular formula is C18H19FN2O5S. The summed E-state index contributed by atoms with van der Waals surface area (Å²) in [6.07, 6.45) is 0.710. The van der Waals surface area contributed by atoms with Crippen molar-refractivity contribution in [1.29, 1.82) is 0 Å². The predicted molar refractivity (Wildman–Crippen MR) is 97.0 cm³/mol. The van der Waals surface area contributed by atoms with Crippen LogP contribution in [0.2, 0.25) is 0 Å². The van der Waals surface area contributed by atoms with Gasteiger partial charge in [0.05, 0.1) is 12.5 Å². The van der Waals surface area contributed by atoms with Gasteiger partial charge in [0.15, 0.2) is 5.16 Å². The van der Waals surface area contributed by atoms with Crippen LogP contribution in [0.1, 0.15) is 25.0 Å². The van der Waals surface area contributed by atoms with Gasteiger partial charge < -0.3 is 14.4 Å². The summed E-state index contributed by atoms with van der Waals surface area (Å²) in [7, 11) is 0. The van der Waals surface area contributed by atoms with Crippen molar-refractivity contribution in [2.75, 3.05) is 0 Å². The number of aliphatic carboxylic acids is 1. The van der Waals surface area contributed by atoms with Crippen molar-refractivity contribution in [3.05, 3.63) is 57.8 Å². The highest BCUT2D eigenvalue weighted by Crippen LogP contribution is 2.21. The third kappa shape index (κ3) is 6.52. The molecule has 27 heavy (non-hydrogen) atoms. The molecule has 7 nitrogen and oxygen atoms in total. The molecule has 0 spiro atoms.